The fraction of sp³-hybridized carbons (Fsp3) is 0.290. The van der Waals surface area contributed by atoms with Crippen molar-refractivity contribution in [1.82, 2.24) is 9.72 Å². The van der Waals surface area contributed by atoms with Crippen molar-refractivity contribution in [3.8, 4) is 0 Å². The number of carbonyl (C=O) groups excluding carboxylic acids is 1. The molecule has 1 unspecified atom stereocenters. The highest BCUT2D eigenvalue weighted by Gasteiger charge is 2.44. The quantitative estimate of drug-likeness (QED) is 0.197. The molecule has 11 heteroatoms. The first-order valence-electron chi connectivity index (χ1n) is 13.9. The molecule has 2 aliphatic rings. The molecule has 216 valence electrons. The Morgan fingerprint density at radius 1 is 1.14 bits per heavy atom. The topological polar surface area (TPSA) is 84.6 Å². The van der Waals surface area contributed by atoms with E-state index in [2.05, 4.69) is 24.3 Å². The monoisotopic (exact) mass is 607 g/mol. The molecule has 0 saturated carbocycles. The van der Waals surface area contributed by atoms with Crippen molar-refractivity contribution in [1.29, 1.82) is 0 Å². The second kappa shape index (κ2) is 10.7. The first kappa shape index (κ1) is 28.7. The number of carbonyl (C=O) groups is 1. The number of nitrogens with one attached hydrogen (secondary N) is 1. The molecule has 6 rings (SSSR count). The number of hydrogen-bond acceptors (Lipinski definition) is 5. The molecule has 0 aliphatic carbocycles. The van der Waals surface area contributed by atoms with Gasteiger partial charge >= 0.3 is 7.12 Å². The maximum Gasteiger partial charge on any atom is 0.492 e. The van der Waals surface area contributed by atoms with Crippen LogP contribution in [0.25, 0.3) is 5.52 Å². The van der Waals surface area contributed by atoms with Gasteiger partial charge in [0.2, 0.25) is 0 Å². The minimum absolute atomic E-state index is 0.0837. The lowest BCUT2D eigenvalue weighted by atomic mass is 9.76. The van der Waals surface area contributed by atoms with Gasteiger partial charge in [-0.2, -0.15) is 0 Å². The summed E-state index contributed by atoms with van der Waals surface area (Å²) in [5.74, 6) is -0.923. The standard InChI is InChI=1S/C31H29BCl2FN3O4/c1-4-31(5-2)21-10-8-18(13-22(21)32(40)41-31)17-36-29(39)27-11-9-20(26-7-6-12-38(26)27)25-16-30(3,42-37-25)19-14-23(33)28(35)24(34)15-19/h6-15,40H,4-5,16-17H2,1-3H3,(H,36,39). The van der Waals surface area contributed by atoms with Crippen LogP contribution in [-0.2, 0) is 27.2 Å². The third-order valence-corrected chi connectivity index (χ3v) is 9.05. The number of hydrogen-bond donors (Lipinski definition) is 2. The van der Waals surface area contributed by atoms with Crippen LogP contribution in [0.3, 0.4) is 0 Å². The fourth-order valence-corrected chi connectivity index (χ4v) is 6.51. The van der Waals surface area contributed by atoms with E-state index >= 15 is 0 Å². The van der Waals surface area contributed by atoms with Crippen molar-refractivity contribution < 1.29 is 23.7 Å². The highest BCUT2D eigenvalue weighted by molar-refractivity contribution is 6.62. The number of oxime groups is 1. The summed E-state index contributed by atoms with van der Waals surface area (Å²) >= 11 is 12.1. The molecule has 7 nitrogen and oxygen atoms in total. The van der Waals surface area contributed by atoms with E-state index in [4.69, 9.17) is 32.7 Å². The number of fused-ring (bicyclic) bond motifs is 2. The molecule has 0 fully saturated rings. The van der Waals surface area contributed by atoms with Crippen LogP contribution in [0.4, 0.5) is 4.39 Å². The van der Waals surface area contributed by atoms with Crippen molar-refractivity contribution in [2.45, 2.75) is 57.8 Å². The number of pyridine rings is 1. The molecular weight excluding hydrogens is 579 g/mol. The summed E-state index contributed by atoms with van der Waals surface area (Å²) in [5.41, 5.74) is 4.59. The van der Waals surface area contributed by atoms with Gasteiger partial charge < -0.3 is 24.2 Å². The van der Waals surface area contributed by atoms with E-state index < -0.39 is 24.1 Å². The Morgan fingerprint density at radius 2 is 1.88 bits per heavy atom. The average molecular weight is 608 g/mol. The predicted octanol–water partition coefficient (Wildman–Crippen LogP) is 6.09. The van der Waals surface area contributed by atoms with E-state index in [1.165, 1.54) is 12.1 Å². The maximum atomic E-state index is 14.0. The smallest absolute Gasteiger partial charge is 0.423 e. The zero-order valence-electron chi connectivity index (χ0n) is 23.4. The summed E-state index contributed by atoms with van der Waals surface area (Å²) in [6, 6.07) is 16.2. The molecule has 2 aromatic carbocycles. The molecule has 4 aromatic rings. The van der Waals surface area contributed by atoms with Gasteiger partial charge in [-0.25, -0.2) is 4.39 Å². The molecule has 42 heavy (non-hydrogen) atoms. The molecule has 4 heterocycles. The third-order valence-electron chi connectivity index (χ3n) is 8.50. The molecule has 2 N–H and O–H groups in total. The van der Waals surface area contributed by atoms with Gasteiger partial charge in [-0.3, -0.25) is 4.79 Å². The highest BCUT2D eigenvalue weighted by atomic mass is 35.5. The molecule has 2 aliphatic heterocycles. The molecule has 0 bridgehead atoms. The van der Waals surface area contributed by atoms with Gasteiger partial charge in [0.15, 0.2) is 11.4 Å². The van der Waals surface area contributed by atoms with Crippen LogP contribution in [0.5, 0.6) is 0 Å². The number of nitrogens with zero attached hydrogens (tertiary/aromatic N) is 2. The fourth-order valence-electron chi connectivity index (χ4n) is 6.02. The minimum Gasteiger partial charge on any atom is -0.423 e. The summed E-state index contributed by atoms with van der Waals surface area (Å²) in [5, 5.41) is 17.7. The molecule has 1 atom stereocenters. The highest BCUT2D eigenvalue weighted by Crippen LogP contribution is 2.40. The van der Waals surface area contributed by atoms with Crippen LogP contribution >= 0.6 is 23.2 Å². The summed E-state index contributed by atoms with van der Waals surface area (Å²) in [6.45, 7) is 6.23. The van der Waals surface area contributed by atoms with E-state index in [0.717, 1.165) is 40.5 Å². The Kier molecular flexibility index (Phi) is 7.34. The van der Waals surface area contributed by atoms with Gasteiger partial charge in [-0.05, 0) is 72.8 Å². The SMILES string of the molecule is CCC1(CC)OB(O)c2cc(CNC(=O)c3ccc(C4=NOC(C)(c5cc(Cl)c(F)c(Cl)c5)C4)c4cccn34)ccc21. The maximum absolute atomic E-state index is 14.0. The summed E-state index contributed by atoms with van der Waals surface area (Å²) in [7, 11) is -0.982. The van der Waals surface area contributed by atoms with Crippen molar-refractivity contribution in [2.24, 2.45) is 5.16 Å². The Labute approximate surface area is 253 Å². The van der Waals surface area contributed by atoms with Crippen LogP contribution in [0.1, 0.15) is 72.8 Å². The van der Waals surface area contributed by atoms with Gasteiger partial charge in [0.25, 0.3) is 5.91 Å². The van der Waals surface area contributed by atoms with Gasteiger partial charge in [-0.1, -0.05) is 60.4 Å². The van der Waals surface area contributed by atoms with Crippen LogP contribution in [0.15, 0.2) is 65.9 Å². The summed E-state index contributed by atoms with van der Waals surface area (Å²) < 4.78 is 21.7. The zero-order chi connectivity index (χ0) is 29.8. The number of rotatable bonds is 7. The van der Waals surface area contributed by atoms with Gasteiger partial charge in [0.1, 0.15) is 5.69 Å². The van der Waals surface area contributed by atoms with E-state index in [1.807, 2.05) is 53.9 Å². The van der Waals surface area contributed by atoms with Crippen LogP contribution in [0, 0.1) is 5.82 Å². The lowest BCUT2D eigenvalue weighted by molar-refractivity contribution is -0.00742. The van der Waals surface area contributed by atoms with E-state index in [-0.39, 0.29) is 22.5 Å². The zero-order valence-corrected chi connectivity index (χ0v) is 24.9. The van der Waals surface area contributed by atoms with Gasteiger partial charge in [0.05, 0.1) is 26.9 Å². The van der Waals surface area contributed by atoms with Crippen LogP contribution in [-0.4, -0.2) is 28.2 Å². The first-order valence-corrected chi connectivity index (χ1v) is 14.6. The largest absolute Gasteiger partial charge is 0.492 e. The van der Waals surface area contributed by atoms with Crippen LogP contribution in [0.2, 0.25) is 10.0 Å². The van der Waals surface area contributed by atoms with E-state index in [0.29, 0.717) is 23.4 Å². The minimum atomic E-state index is -0.982. The molecule has 1 amide bonds. The Bertz CT molecular complexity index is 1730. The van der Waals surface area contributed by atoms with Crippen LogP contribution < -0.4 is 10.8 Å². The molecule has 0 saturated heterocycles. The lowest BCUT2D eigenvalue weighted by Crippen LogP contribution is -2.30. The normalized spacial score (nSPS) is 19.1. The first-order chi connectivity index (χ1) is 20.1. The molecule has 0 spiro atoms. The third kappa shape index (κ3) is 4.69. The number of amides is 1. The molecular formula is C31H29BCl2FN3O4. The van der Waals surface area contributed by atoms with Crippen molar-refractivity contribution in [3.05, 3.63) is 105 Å². The second-order valence-corrected chi connectivity index (χ2v) is 11.8. The summed E-state index contributed by atoms with van der Waals surface area (Å²) in [6.07, 6.45) is 3.74. The van der Waals surface area contributed by atoms with Crippen molar-refractivity contribution >= 4 is 52.9 Å². The average Bonchev–Trinajstić information content (AvgIpc) is 3.71. The predicted molar refractivity (Wildman–Crippen MR) is 162 cm³/mol. The Hall–Kier alpha value is -3.37. The number of aromatic nitrogens is 1. The Balaban J connectivity index is 1.20. The Morgan fingerprint density at radius 3 is 2.60 bits per heavy atom. The van der Waals surface area contributed by atoms with Gasteiger partial charge in [-0.15, -0.1) is 0 Å². The van der Waals surface area contributed by atoms with E-state index in [1.54, 1.807) is 6.07 Å². The second-order valence-electron chi connectivity index (χ2n) is 11.0. The lowest BCUT2D eigenvalue weighted by Gasteiger charge is -2.28. The van der Waals surface area contributed by atoms with Crippen molar-refractivity contribution in [2.75, 3.05) is 0 Å². The summed E-state index contributed by atoms with van der Waals surface area (Å²) in [4.78, 5) is 19.2. The molecule has 2 aromatic heterocycles. The van der Waals surface area contributed by atoms with Gasteiger partial charge in [0, 0.05) is 30.3 Å². The number of benzene rings is 2. The van der Waals surface area contributed by atoms with E-state index in [9.17, 15) is 14.2 Å². The number of halogens is 3. The van der Waals surface area contributed by atoms with Crippen molar-refractivity contribution in [3.63, 3.8) is 0 Å². The molecule has 0 radical (unpaired) electrons.